The minimum atomic E-state index is -0.529. The van der Waals surface area contributed by atoms with E-state index >= 15 is 0 Å². The third-order valence-corrected chi connectivity index (χ3v) is 5.26. The van der Waals surface area contributed by atoms with Crippen LogP contribution in [-0.4, -0.2) is 16.7 Å². The van der Waals surface area contributed by atoms with Gasteiger partial charge in [-0.25, -0.2) is 8.78 Å². The van der Waals surface area contributed by atoms with Crippen molar-refractivity contribution in [2.75, 3.05) is 0 Å². The summed E-state index contributed by atoms with van der Waals surface area (Å²) in [6.45, 7) is 0.645. The van der Waals surface area contributed by atoms with E-state index in [0.29, 0.717) is 17.7 Å². The van der Waals surface area contributed by atoms with Gasteiger partial charge in [-0.1, -0.05) is 42.5 Å². The molecule has 152 valence electrons. The number of rotatable bonds is 6. The normalized spacial score (nSPS) is 13.8. The number of fused-ring (bicyclic) bond motifs is 1. The molecule has 1 aliphatic heterocycles. The topological polar surface area (TPSA) is 49.4 Å². The molecule has 0 spiro atoms. The van der Waals surface area contributed by atoms with Gasteiger partial charge in [-0.15, -0.1) is 0 Å². The van der Waals surface area contributed by atoms with Crippen LogP contribution >= 0.6 is 0 Å². The average molecular weight is 406 g/mol. The van der Waals surface area contributed by atoms with Gasteiger partial charge in [0.15, 0.2) is 0 Å². The summed E-state index contributed by atoms with van der Waals surface area (Å²) in [7, 11) is 0. The first-order valence-electron chi connectivity index (χ1n) is 9.67. The Bertz CT molecular complexity index is 1070. The molecule has 30 heavy (non-hydrogen) atoms. The number of hydrogen-bond donors (Lipinski definition) is 1. The molecule has 3 aromatic rings. The van der Waals surface area contributed by atoms with Crippen molar-refractivity contribution in [3.8, 4) is 0 Å². The molecule has 4 nitrogen and oxygen atoms in total. The zero-order chi connectivity index (χ0) is 21.1. The van der Waals surface area contributed by atoms with Crippen molar-refractivity contribution in [2.45, 2.75) is 25.6 Å². The smallest absolute Gasteiger partial charge is 0.255 e. The SMILES string of the molecule is O=C(C[C@H](c1ccc(F)cc1)N1Cc2ccccc2C1=O)NCc1ccc(F)cc1. The molecule has 1 aliphatic rings. The molecule has 0 bridgehead atoms. The lowest BCUT2D eigenvalue weighted by Gasteiger charge is -2.28. The Morgan fingerprint density at radius 2 is 1.57 bits per heavy atom. The minimum Gasteiger partial charge on any atom is -0.352 e. The van der Waals surface area contributed by atoms with Crippen LogP contribution in [0.1, 0.15) is 39.5 Å². The number of hydrogen-bond acceptors (Lipinski definition) is 2. The van der Waals surface area contributed by atoms with E-state index in [-0.39, 0.29) is 36.4 Å². The molecule has 0 saturated heterocycles. The summed E-state index contributed by atoms with van der Waals surface area (Å²) in [6, 6.07) is 18.6. The Morgan fingerprint density at radius 1 is 0.933 bits per heavy atom. The van der Waals surface area contributed by atoms with E-state index < -0.39 is 6.04 Å². The van der Waals surface area contributed by atoms with Crippen LogP contribution < -0.4 is 5.32 Å². The zero-order valence-corrected chi connectivity index (χ0v) is 16.1. The molecule has 2 amide bonds. The predicted molar refractivity (Wildman–Crippen MR) is 108 cm³/mol. The molecular weight excluding hydrogens is 386 g/mol. The van der Waals surface area contributed by atoms with Crippen LogP contribution in [0.15, 0.2) is 72.8 Å². The van der Waals surface area contributed by atoms with Crippen molar-refractivity contribution < 1.29 is 18.4 Å². The summed E-state index contributed by atoms with van der Waals surface area (Å²) < 4.78 is 26.5. The summed E-state index contributed by atoms with van der Waals surface area (Å²) in [6.07, 6.45) is 0.0343. The highest BCUT2D eigenvalue weighted by molar-refractivity contribution is 5.98. The number of nitrogens with one attached hydrogen (secondary N) is 1. The second kappa shape index (κ2) is 8.45. The van der Waals surface area contributed by atoms with Gasteiger partial charge in [0.2, 0.25) is 5.91 Å². The largest absolute Gasteiger partial charge is 0.352 e. The first-order valence-corrected chi connectivity index (χ1v) is 9.67. The zero-order valence-electron chi connectivity index (χ0n) is 16.1. The first kappa shape index (κ1) is 19.8. The Morgan fingerprint density at radius 3 is 2.23 bits per heavy atom. The number of nitrogens with zero attached hydrogens (tertiary/aromatic N) is 1. The lowest BCUT2D eigenvalue weighted by molar-refractivity contribution is -0.122. The van der Waals surface area contributed by atoms with Crippen LogP contribution in [0, 0.1) is 11.6 Å². The highest BCUT2D eigenvalue weighted by atomic mass is 19.1. The van der Waals surface area contributed by atoms with Gasteiger partial charge in [0.1, 0.15) is 11.6 Å². The van der Waals surface area contributed by atoms with Crippen molar-refractivity contribution >= 4 is 11.8 Å². The lowest BCUT2D eigenvalue weighted by Crippen LogP contribution is -2.34. The Hall–Kier alpha value is -3.54. The summed E-state index contributed by atoms with van der Waals surface area (Å²) in [5.41, 5.74) is 2.99. The van der Waals surface area contributed by atoms with E-state index in [9.17, 15) is 18.4 Å². The van der Waals surface area contributed by atoms with Crippen LogP contribution in [0.5, 0.6) is 0 Å². The maximum absolute atomic E-state index is 13.4. The third-order valence-electron chi connectivity index (χ3n) is 5.26. The minimum absolute atomic E-state index is 0.0343. The fraction of sp³-hybridized carbons (Fsp3) is 0.167. The van der Waals surface area contributed by atoms with Gasteiger partial charge in [-0.3, -0.25) is 9.59 Å². The molecule has 3 aromatic carbocycles. The van der Waals surface area contributed by atoms with Gasteiger partial charge in [-0.2, -0.15) is 0 Å². The molecular formula is C24H20F2N2O2. The van der Waals surface area contributed by atoms with Crippen molar-refractivity contribution in [3.63, 3.8) is 0 Å². The van der Waals surface area contributed by atoms with E-state index in [0.717, 1.165) is 11.1 Å². The number of halogens is 2. The molecule has 0 saturated carbocycles. The van der Waals surface area contributed by atoms with Crippen LogP contribution in [0.4, 0.5) is 8.78 Å². The van der Waals surface area contributed by atoms with Gasteiger partial charge in [0.25, 0.3) is 5.91 Å². The van der Waals surface area contributed by atoms with Gasteiger partial charge < -0.3 is 10.2 Å². The molecule has 0 radical (unpaired) electrons. The van der Waals surface area contributed by atoms with Crippen molar-refractivity contribution in [3.05, 3.63) is 107 Å². The Kier molecular flexibility index (Phi) is 5.57. The molecule has 0 unspecified atom stereocenters. The molecule has 6 heteroatoms. The van der Waals surface area contributed by atoms with E-state index in [2.05, 4.69) is 5.32 Å². The van der Waals surface area contributed by atoms with Gasteiger partial charge in [-0.05, 0) is 47.0 Å². The molecule has 1 N–H and O–H groups in total. The first-order chi connectivity index (χ1) is 14.5. The van der Waals surface area contributed by atoms with Crippen molar-refractivity contribution in [1.29, 1.82) is 0 Å². The molecule has 0 fully saturated rings. The summed E-state index contributed by atoms with van der Waals surface area (Å²) in [5.74, 6) is -1.12. The third kappa shape index (κ3) is 4.22. The number of carbonyl (C=O) groups is 2. The number of carbonyl (C=O) groups excluding carboxylic acids is 2. The van der Waals surface area contributed by atoms with Crippen LogP contribution in [-0.2, 0) is 17.9 Å². The van der Waals surface area contributed by atoms with Gasteiger partial charge >= 0.3 is 0 Å². The van der Waals surface area contributed by atoms with Crippen molar-refractivity contribution in [1.82, 2.24) is 10.2 Å². The summed E-state index contributed by atoms with van der Waals surface area (Å²) >= 11 is 0. The van der Waals surface area contributed by atoms with Crippen molar-refractivity contribution in [2.24, 2.45) is 0 Å². The molecule has 1 heterocycles. The van der Waals surface area contributed by atoms with Crippen LogP contribution in [0.3, 0.4) is 0 Å². The van der Waals surface area contributed by atoms with Gasteiger partial charge in [0, 0.05) is 18.7 Å². The summed E-state index contributed by atoms with van der Waals surface area (Å²) in [4.78, 5) is 27.3. The number of amides is 2. The molecule has 1 atom stereocenters. The Balaban J connectivity index is 1.52. The highest BCUT2D eigenvalue weighted by Crippen LogP contribution is 2.33. The second-order valence-corrected chi connectivity index (χ2v) is 7.26. The van der Waals surface area contributed by atoms with Gasteiger partial charge in [0.05, 0.1) is 12.5 Å². The average Bonchev–Trinajstić information content (AvgIpc) is 3.09. The summed E-state index contributed by atoms with van der Waals surface area (Å²) in [5, 5.41) is 2.82. The Labute approximate surface area is 173 Å². The maximum Gasteiger partial charge on any atom is 0.255 e. The van der Waals surface area contributed by atoms with Crippen LogP contribution in [0.25, 0.3) is 0 Å². The quantitative estimate of drug-likeness (QED) is 0.661. The monoisotopic (exact) mass is 406 g/mol. The predicted octanol–water partition coefficient (Wildman–Crippen LogP) is 4.37. The second-order valence-electron chi connectivity index (χ2n) is 7.26. The molecule has 0 aromatic heterocycles. The molecule has 0 aliphatic carbocycles. The number of benzene rings is 3. The van der Waals surface area contributed by atoms with E-state index in [1.54, 1.807) is 35.2 Å². The van der Waals surface area contributed by atoms with E-state index in [1.807, 2.05) is 18.2 Å². The fourth-order valence-corrected chi connectivity index (χ4v) is 3.67. The highest BCUT2D eigenvalue weighted by Gasteiger charge is 2.34. The van der Waals surface area contributed by atoms with Crippen LogP contribution in [0.2, 0.25) is 0 Å². The van der Waals surface area contributed by atoms with E-state index in [4.69, 9.17) is 0 Å². The van der Waals surface area contributed by atoms with E-state index in [1.165, 1.54) is 24.3 Å². The molecule has 4 rings (SSSR count). The standard InChI is InChI=1S/C24H20F2N2O2/c25-19-9-5-16(6-10-19)14-27-23(29)13-22(17-7-11-20(26)12-8-17)28-15-18-3-1-2-4-21(18)24(28)30/h1-12,22H,13-15H2,(H,27,29)/t22-/m1/s1. The fourth-order valence-electron chi connectivity index (χ4n) is 3.67. The lowest BCUT2D eigenvalue weighted by atomic mass is 10.0. The maximum atomic E-state index is 13.4.